The van der Waals surface area contributed by atoms with Crippen LogP contribution >= 0.6 is 0 Å². The van der Waals surface area contributed by atoms with Crippen LogP contribution in [0.5, 0.6) is 0 Å². The maximum absolute atomic E-state index is 8.79. The number of aliphatic hydroxyl groups excluding tert-OH is 1. The molecule has 0 aromatic heterocycles. The van der Waals surface area contributed by atoms with Gasteiger partial charge in [-0.1, -0.05) is 50.1 Å². The summed E-state index contributed by atoms with van der Waals surface area (Å²) < 4.78 is 0. The van der Waals surface area contributed by atoms with E-state index in [4.69, 9.17) is 5.11 Å². The van der Waals surface area contributed by atoms with Crippen molar-refractivity contribution < 1.29 is 5.11 Å². The Morgan fingerprint density at radius 1 is 1.19 bits per heavy atom. The standard InChI is InChI=1S/C14H23NO/c1-2-3-10-14(15-11-7-12-16)13-8-5-4-6-9-13/h4-6,8-9,14-16H,2-3,7,10-12H2,1H3. The minimum atomic E-state index is 0.266. The maximum Gasteiger partial charge on any atom is 0.0443 e. The third-order valence-electron chi connectivity index (χ3n) is 2.77. The fourth-order valence-electron chi connectivity index (χ4n) is 1.84. The first-order valence-corrected chi connectivity index (χ1v) is 6.27. The molecule has 1 aromatic carbocycles. The van der Waals surface area contributed by atoms with Gasteiger partial charge in [0.05, 0.1) is 0 Å². The lowest BCUT2D eigenvalue weighted by atomic mass is 10.0. The van der Waals surface area contributed by atoms with Gasteiger partial charge in [0.15, 0.2) is 0 Å². The number of rotatable bonds is 8. The van der Waals surface area contributed by atoms with Crippen LogP contribution in [-0.2, 0) is 0 Å². The number of hydrogen-bond acceptors (Lipinski definition) is 2. The Kier molecular flexibility index (Phi) is 6.86. The van der Waals surface area contributed by atoms with Gasteiger partial charge in [-0.25, -0.2) is 0 Å². The number of aliphatic hydroxyl groups is 1. The van der Waals surface area contributed by atoms with Crippen LogP contribution in [0, 0.1) is 0 Å². The normalized spacial score (nSPS) is 12.6. The lowest BCUT2D eigenvalue weighted by molar-refractivity contribution is 0.282. The second-order valence-corrected chi connectivity index (χ2v) is 4.14. The summed E-state index contributed by atoms with van der Waals surface area (Å²) in [5.41, 5.74) is 1.36. The molecule has 16 heavy (non-hydrogen) atoms. The number of nitrogens with one attached hydrogen (secondary N) is 1. The fourth-order valence-corrected chi connectivity index (χ4v) is 1.84. The first-order chi connectivity index (χ1) is 7.88. The molecule has 1 rings (SSSR count). The number of hydrogen-bond donors (Lipinski definition) is 2. The van der Waals surface area contributed by atoms with Crippen molar-refractivity contribution in [2.75, 3.05) is 13.2 Å². The van der Waals surface area contributed by atoms with Crippen molar-refractivity contribution in [1.82, 2.24) is 5.32 Å². The van der Waals surface area contributed by atoms with Crippen molar-refractivity contribution in [3.63, 3.8) is 0 Å². The Hall–Kier alpha value is -0.860. The summed E-state index contributed by atoms with van der Waals surface area (Å²) in [6.45, 7) is 3.37. The minimum absolute atomic E-state index is 0.266. The maximum atomic E-state index is 8.79. The lowest BCUT2D eigenvalue weighted by Gasteiger charge is -2.18. The predicted octanol–water partition coefficient (Wildman–Crippen LogP) is 2.89. The van der Waals surface area contributed by atoms with Crippen molar-refractivity contribution in [3.05, 3.63) is 35.9 Å². The molecule has 0 saturated carbocycles. The highest BCUT2D eigenvalue weighted by molar-refractivity contribution is 5.18. The molecule has 0 heterocycles. The van der Waals surface area contributed by atoms with Crippen LogP contribution in [0.3, 0.4) is 0 Å². The average Bonchev–Trinajstić information content (AvgIpc) is 2.35. The molecule has 90 valence electrons. The molecule has 2 N–H and O–H groups in total. The first kappa shape index (κ1) is 13.2. The molecular weight excluding hydrogens is 198 g/mol. The molecule has 0 aliphatic carbocycles. The van der Waals surface area contributed by atoms with Gasteiger partial charge < -0.3 is 10.4 Å². The van der Waals surface area contributed by atoms with Gasteiger partial charge in [0.1, 0.15) is 0 Å². The number of benzene rings is 1. The lowest BCUT2D eigenvalue weighted by Crippen LogP contribution is -2.23. The van der Waals surface area contributed by atoms with Crippen molar-refractivity contribution in [2.24, 2.45) is 0 Å². The highest BCUT2D eigenvalue weighted by Gasteiger charge is 2.08. The van der Waals surface area contributed by atoms with Crippen LogP contribution in [0.4, 0.5) is 0 Å². The Morgan fingerprint density at radius 2 is 1.94 bits per heavy atom. The summed E-state index contributed by atoms with van der Waals surface area (Å²) in [5, 5.41) is 12.3. The van der Waals surface area contributed by atoms with Crippen LogP contribution in [0.1, 0.15) is 44.2 Å². The first-order valence-electron chi connectivity index (χ1n) is 6.27. The second kappa shape index (κ2) is 8.31. The third kappa shape index (κ3) is 4.77. The van der Waals surface area contributed by atoms with Gasteiger partial charge in [0.2, 0.25) is 0 Å². The van der Waals surface area contributed by atoms with Gasteiger partial charge in [-0.2, -0.15) is 0 Å². The molecule has 0 fully saturated rings. The summed E-state index contributed by atoms with van der Waals surface area (Å²) >= 11 is 0. The van der Waals surface area contributed by atoms with E-state index >= 15 is 0 Å². The van der Waals surface area contributed by atoms with Crippen LogP contribution in [0.25, 0.3) is 0 Å². The zero-order chi connectivity index (χ0) is 11.6. The summed E-state index contributed by atoms with van der Waals surface area (Å²) in [4.78, 5) is 0. The van der Waals surface area contributed by atoms with E-state index in [0.29, 0.717) is 6.04 Å². The SMILES string of the molecule is CCCCC(NCCCO)c1ccccc1. The third-order valence-corrected chi connectivity index (χ3v) is 2.77. The van der Waals surface area contributed by atoms with Crippen molar-refractivity contribution in [3.8, 4) is 0 Å². The zero-order valence-electron chi connectivity index (χ0n) is 10.2. The molecule has 0 bridgehead atoms. The van der Waals surface area contributed by atoms with Gasteiger partial charge in [-0.15, -0.1) is 0 Å². The molecular formula is C14H23NO. The molecule has 0 saturated heterocycles. The van der Waals surface area contributed by atoms with E-state index in [1.807, 2.05) is 6.07 Å². The molecule has 1 unspecified atom stereocenters. The molecule has 1 atom stereocenters. The summed E-state index contributed by atoms with van der Waals surface area (Å²) in [6.07, 6.45) is 4.47. The van der Waals surface area contributed by atoms with E-state index in [1.54, 1.807) is 0 Å². The second-order valence-electron chi connectivity index (χ2n) is 4.14. The average molecular weight is 221 g/mol. The highest BCUT2D eigenvalue weighted by atomic mass is 16.3. The van der Waals surface area contributed by atoms with Gasteiger partial charge in [-0.3, -0.25) is 0 Å². The molecule has 0 spiro atoms. The van der Waals surface area contributed by atoms with Crippen LogP contribution < -0.4 is 5.32 Å². The Balaban J connectivity index is 2.49. The van der Waals surface area contributed by atoms with E-state index in [0.717, 1.165) is 13.0 Å². The molecule has 0 aliphatic rings. The summed E-state index contributed by atoms with van der Waals surface area (Å²) in [5.74, 6) is 0. The predicted molar refractivity (Wildman–Crippen MR) is 68.4 cm³/mol. The van der Waals surface area contributed by atoms with Crippen LogP contribution in [0.15, 0.2) is 30.3 Å². The van der Waals surface area contributed by atoms with Gasteiger partial charge in [0, 0.05) is 12.6 Å². The van der Waals surface area contributed by atoms with E-state index in [1.165, 1.54) is 24.8 Å². The Bertz CT molecular complexity index is 261. The molecule has 0 radical (unpaired) electrons. The molecule has 2 heteroatoms. The molecule has 2 nitrogen and oxygen atoms in total. The monoisotopic (exact) mass is 221 g/mol. The fraction of sp³-hybridized carbons (Fsp3) is 0.571. The number of unbranched alkanes of at least 4 members (excludes halogenated alkanes) is 1. The smallest absolute Gasteiger partial charge is 0.0443 e. The minimum Gasteiger partial charge on any atom is -0.396 e. The molecule has 1 aromatic rings. The van der Waals surface area contributed by atoms with E-state index in [2.05, 4.69) is 36.5 Å². The van der Waals surface area contributed by atoms with E-state index in [9.17, 15) is 0 Å². The molecule has 0 aliphatic heterocycles. The zero-order valence-corrected chi connectivity index (χ0v) is 10.2. The Morgan fingerprint density at radius 3 is 2.56 bits per heavy atom. The van der Waals surface area contributed by atoms with Crippen molar-refractivity contribution >= 4 is 0 Å². The summed E-state index contributed by atoms with van der Waals surface area (Å²) in [7, 11) is 0. The largest absolute Gasteiger partial charge is 0.396 e. The summed E-state index contributed by atoms with van der Waals surface area (Å²) in [6, 6.07) is 11.0. The van der Waals surface area contributed by atoms with Crippen molar-refractivity contribution in [1.29, 1.82) is 0 Å². The van der Waals surface area contributed by atoms with Gasteiger partial charge in [0.25, 0.3) is 0 Å². The topological polar surface area (TPSA) is 32.3 Å². The van der Waals surface area contributed by atoms with E-state index < -0.39 is 0 Å². The highest BCUT2D eigenvalue weighted by Crippen LogP contribution is 2.18. The van der Waals surface area contributed by atoms with E-state index in [-0.39, 0.29) is 6.61 Å². The van der Waals surface area contributed by atoms with Gasteiger partial charge in [-0.05, 0) is 24.9 Å². The quantitative estimate of drug-likeness (QED) is 0.662. The molecule has 0 amide bonds. The van der Waals surface area contributed by atoms with Crippen molar-refractivity contribution in [2.45, 2.75) is 38.6 Å². The Labute approximate surface area is 98.7 Å². The van der Waals surface area contributed by atoms with Gasteiger partial charge >= 0.3 is 0 Å². The van der Waals surface area contributed by atoms with Crippen LogP contribution in [-0.4, -0.2) is 18.3 Å². The van der Waals surface area contributed by atoms with Crippen LogP contribution in [0.2, 0.25) is 0 Å².